The first-order chi connectivity index (χ1) is 7.17. The summed E-state index contributed by atoms with van der Waals surface area (Å²) in [5, 5.41) is 3.41. The molecule has 1 atom stereocenters. The van der Waals surface area contributed by atoms with Crippen LogP contribution in [0.1, 0.15) is 38.7 Å². The summed E-state index contributed by atoms with van der Waals surface area (Å²) in [5.74, 6) is 1.19. The molecule has 0 saturated heterocycles. The summed E-state index contributed by atoms with van der Waals surface area (Å²) in [6, 6.07) is 0.475. The fourth-order valence-corrected chi connectivity index (χ4v) is 1.52. The molecule has 84 valence electrons. The third-order valence-electron chi connectivity index (χ3n) is 2.46. The number of anilines is 2. The highest BCUT2D eigenvalue weighted by Crippen LogP contribution is 2.15. The lowest BCUT2D eigenvalue weighted by atomic mass is 10.1. The van der Waals surface area contributed by atoms with Gasteiger partial charge in [0.25, 0.3) is 0 Å². The van der Waals surface area contributed by atoms with Gasteiger partial charge in [-0.15, -0.1) is 0 Å². The molecular formula is C11H20N4. The topological polar surface area (TPSA) is 63.8 Å². The van der Waals surface area contributed by atoms with Crippen LogP contribution in [0, 0.1) is 6.92 Å². The molecule has 0 aliphatic rings. The molecule has 1 unspecified atom stereocenters. The Morgan fingerprint density at radius 1 is 1.47 bits per heavy atom. The highest BCUT2D eigenvalue weighted by Gasteiger charge is 2.08. The average molecular weight is 208 g/mol. The Morgan fingerprint density at radius 2 is 2.20 bits per heavy atom. The van der Waals surface area contributed by atoms with E-state index < -0.39 is 0 Å². The minimum atomic E-state index is 0.328. The van der Waals surface area contributed by atoms with Crippen molar-refractivity contribution in [2.24, 2.45) is 0 Å². The monoisotopic (exact) mass is 208 g/mol. The zero-order chi connectivity index (χ0) is 11.3. The minimum Gasteiger partial charge on any atom is -0.368 e. The van der Waals surface area contributed by atoms with Crippen molar-refractivity contribution in [2.45, 2.75) is 46.1 Å². The van der Waals surface area contributed by atoms with Crippen LogP contribution >= 0.6 is 0 Å². The Morgan fingerprint density at radius 3 is 2.80 bits per heavy atom. The lowest BCUT2D eigenvalue weighted by Crippen LogP contribution is -2.20. The molecule has 0 spiro atoms. The lowest BCUT2D eigenvalue weighted by Gasteiger charge is -2.17. The maximum absolute atomic E-state index is 5.56. The Hall–Kier alpha value is -1.32. The summed E-state index contributed by atoms with van der Waals surface area (Å²) >= 11 is 0. The van der Waals surface area contributed by atoms with Gasteiger partial charge < -0.3 is 11.1 Å². The Balaban J connectivity index is 2.73. The van der Waals surface area contributed by atoms with Gasteiger partial charge in [0.05, 0.1) is 0 Å². The quantitative estimate of drug-likeness (QED) is 0.779. The van der Waals surface area contributed by atoms with Crippen molar-refractivity contribution in [1.82, 2.24) is 9.97 Å². The summed E-state index contributed by atoms with van der Waals surface area (Å²) < 4.78 is 0. The molecule has 4 nitrogen and oxygen atoms in total. The number of nitrogen functional groups attached to an aromatic ring is 1. The highest BCUT2D eigenvalue weighted by atomic mass is 15.1. The molecule has 1 rings (SSSR count). The summed E-state index contributed by atoms with van der Waals surface area (Å²) in [7, 11) is 0. The van der Waals surface area contributed by atoms with E-state index in [1.807, 2.05) is 6.92 Å². The molecule has 0 saturated carbocycles. The molecule has 1 heterocycles. The molecule has 3 N–H and O–H groups in total. The molecule has 0 aliphatic heterocycles. The Labute approximate surface area is 91.3 Å². The standard InChI is InChI=1S/C11H20N4/c1-4-6-9(5-2)14-10-8(3)7-13-11(12)15-10/h7,9H,4-6H2,1-3H3,(H3,12,13,14,15). The number of rotatable bonds is 5. The normalized spacial score (nSPS) is 12.5. The lowest BCUT2D eigenvalue weighted by molar-refractivity contribution is 0.620. The number of hydrogen-bond acceptors (Lipinski definition) is 4. The third-order valence-corrected chi connectivity index (χ3v) is 2.46. The average Bonchev–Trinajstić information content (AvgIpc) is 2.22. The van der Waals surface area contributed by atoms with E-state index in [0.717, 1.165) is 24.2 Å². The van der Waals surface area contributed by atoms with Crippen molar-refractivity contribution >= 4 is 11.8 Å². The van der Waals surface area contributed by atoms with Gasteiger partial charge in [-0.1, -0.05) is 20.3 Å². The minimum absolute atomic E-state index is 0.328. The van der Waals surface area contributed by atoms with Crippen LogP contribution in [-0.2, 0) is 0 Å². The molecule has 0 amide bonds. The van der Waals surface area contributed by atoms with Crippen molar-refractivity contribution in [3.8, 4) is 0 Å². The second-order valence-electron chi connectivity index (χ2n) is 3.80. The van der Waals surface area contributed by atoms with E-state index in [1.54, 1.807) is 6.20 Å². The van der Waals surface area contributed by atoms with Crippen molar-refractivity contribution in [3.63, 3.8) is 0 Å². The van der Waals surface area contributed by atoms with Crippen molar-refractivity contribution in [2.75, 3.05) is 11.1 Å². The molecule has 1 aromatic rings. The van der Waals surface area contributed by atoms with Crippen LogP contribution < -0.4 is 11.1 Å². The fraction of sp³-hybridized carbons (Fsp3) is 0.636. The number of nitrogens with two attached hydrogens (primary N) is 1. The van der Waals surface area contributed by atoms with Gasteiger partial charge in [-0.25, -0.2) is 4.98 Å². The maximum atomic E-state index is 5.56. The number of nitrogens with zero attached hydrogens (tertiary/aromatic N) is 2. The van der Waals surface area contributed by atoms with Crippen molar-refractivity contribution in [1.29, 1.82) is 0 Å². The molecule has 0 bridgehead atoms. The van der Waals surface area contributed by atoms with Gasteiger partial charge in [0.2, 0.25) is 5.95 Å². The molecule has 4 heteroatoms. The Kier molecular flexibility index (Phi) is 4.34. The van der Waals surface area contributed by atoms with Gasteiger partial charge in [0.15, 0.2) is 0 Å². The number of aryl methyl sites for hydroxylation is 1. The zero-order valence-corrected chi connectivity index (χ0v) is 9.75. The number of nitrogens with one attached hydrogen (secondary N) is 1. The van der Waals surface area contributed by atoms with Gasteiger partial charge in [0.1, 0.15) is 5.82 Å². The first kappa shape index (κ1) is 11.8. The van der Waals surface area contributed by atoms with E-state index in [2.05, 4.69) is 29.1 Å². The molecular weight excluding hydrogens is 188 g/mol. The summed E-state index contributed by atoms with van der Waals surface area (Å²) in [4.78, 5) is 8.14. The van der Waals surface area contributed by atoms with Crippen LogP contribution in [0.5, 0.6) is 0 Å². The van der Waals surface area contributed by atoms with Crippen molar-refractivity contribution in [3.05, 3.63) is 11.8 Å². The predicted octanol–water partition coefficient (Wildman–Crippen LogP) is 2.36. The van der Waals surface area contributed by atoms with E-state index in [4.69, 9.17) is 5.73 Å². The first-order valence-electron chi connectivity index (χ1n) is 5.53. The zero-order valence-electron chi connectivity index (χ0n) is 9.75. The largest absolute Gasteiger partial charge is 0.368 e. The maximum Gasteiger partial charge on any atom is 0.221 e. The summed E-state index contributed by atoms with van der Waals surface area (Å²) in [6.07, 6.45) is 5.17. The molecule has 0 aliphatic carbocycles. The summed E-state index contributed by atoms with van der Waals surface area (Å²) in [5.41, 5.74) is 6.60. The molecule has 1 aromatic heterocycles. The van der Waals surface area contributed by atoms with Crippen LogP contribution in [0.4, 0.5) is 11.8 Å². The second-order valence-corrected chi connectivity index (χ2v) is 3.80. The van der Waals surface area contributed by atoms with Gasteiger partial charge in [-0.2, -0.15) is 4.98 Å². The third kappa shape index (κ3) is 3.38. The fourth-order valence-electron chi connectivity index (χ4n) is 1.52. The second kappa shape index (κ2) is 5.53. The van der Waals surface area contributed by atoms with Crippen LogP contribution in [0.15, 0.2) is 6.20 Å². The molecule has 0 radical (unpaired) electrons. The highest BCUT2D eigenvalue weighted by molar-refractivity contribution is 5.45. The van der Waals surface area contributed by atoms with Crippen LogP contribution in [-0.4, -0.2) is 16.0 Å². The number of hydrogen-bond donors (Lipinski definition) is 2. The molecule has 0 aromatic carbocycles. The van der Waals surface area contributed by atoms with E-state index >= 15 is 0 Å². The van der Waals surface area contributed by atoms with Crippen LogP contribution in [0.3, 0.4) is 0 Å². The van der Waals surface area contributed by atoms with E-state index in [9.17, 15) is 0 Å². The predicted molar refractivity (Wildman–Crippen MR) is 63.8 cm³/mol. The van der Waals surface area contributed by atoms with Gasteiger partial charge in [0, 0.05) is 17.8 Å². The number of aromatic nitrogens is 2. The first-order valence-corrected chi connectivity index (χ1v) is 5.53. The van der Waals surface area contributed by atoms with Crippen LogP contribution in [0.25, 0.3) is 0 Å². The molecule has 0 fully saturated rings. The molecule has 15 heavy (non-hydrogen) atoms. The van der Waals surface area contributed by atoms with Crippen LogP contribution in [0.2, 0.25) is 0 Å². The van der Waals surface area contributed by atoms with E-state index in [1.165, 1.54) is 6.42 Å². The van der Waals surface area contributed by atoms with Crippen molar-refractivity contribution < 1.29 is 0 Å². The smallest absolute Gasteiger partial charge is 0.221 e. The Bertz CT molecular complexity index is 311. The van der Waals surface area contributed by atoms with E-state index in [0.29, 0.717) is 12.0 Å². The van der Waals surface area contributed by atoms with E-state index in [-0.39, 0.29) is 0 Å². The van der Waals surface area contributed by atoms with Gasteiger partial charge in [-0.3, -0.25) is 0 Å². The van der Waals surface area contributed by atoms with Gasteiger partial charge >= 0.3 is 0 Å². The summed E-state index contributed by atoms with van der Waals surface area (Å²) in [6.45, 7) is 6.35. The van der Waals surface area contributed by atoms with Gasteiger partial charge in [-0.05, 0) is 19.8 Å². The SMILES string of the molecule is CCCC(CC)Nc1nc(N)ncc1C.